The van der Waals surface area contributed by atoms with Gasteiger partial charge in [0, 0.05) is 6.04 Å². The van der Waals surface area contributed by atoms with Gasteiger partial charge in [0.1, 0.15) is 5.75 Å². The first-order valence-corrected chi connectivity index (χ1v) is 6.14. The number of methoxy groups -OCH3 is 1. The quantitative estimate of drug-likeness (QED) is 0.844. The fraction of sp³-hybridized carbons (Fsp3) is 0.571. The third kappa shape index (κ3) is 2.22. The maximum atomic E-state index is 5.28. The van der Waals surface area contributed by atoms with Crippen molar-refractivity contribution in [3.05, 3.63) is 29.3 Å². The van der Waals surface area contributed by atoms with E-state index in [0.29, 0.717) is 6.04 Å². The van der Waals surface area contributed by atoms with Gasteiger partial charge in [0.15, 0.2) is 0 Å². The van der Waals surface area contributed by atoms with E-state index in [1.54, 1.807) is 7.11 Å². The maximum Gasteiger partial charge on any atom is 0.119 e. The SMILES string of the molecule is CCc1cc(OC)ccc1[C@H]1C[C@H](C)CN1. The Balaban J connectivity index is 2.26. The van der Waals surface area contributed by atoms with E-state index in [4.69, 9.17) is 4.74 Å². The van der Waals surface area contributed by atoms with Gasteiger partial charge in [-0.2, -0.15) is 0 Å². The van der Waals surface area contributed by atoms with Crippen molar-refractivity contribution in [1.82, 2.24) is 5.32 Å². The summed E-state index contributed by atoms with van der Waals surface area (Å²) in [5.41, 5.74) is 2.86. The predicted octanol–water partition coefficient (Wildman–Crippen LogP) is 2.93. The molecule has 0 spiro atoms. The second-order valence-corrected chi connectivity index (χ2v) is 4.72. The Bertz CT molecular complexity index is 362. The van der Waals surface area contributed by atoms with Crippen LogP contribution in [0.4, 0.5) is 0 Å². The first-order chi connectivity index (χ1) is 7.74. The first kappa shape index (κ1) is 11.5. The molecule has 1 saturated heterocycles. The van der Waals surface area contributed by atoms with Crippen molar-refractivity contribution in [3.63, 3.8) is 0 Å². The van der Waals surface area contributed by atoms with Gasteiger partial charge in [-0.15, -0.1) is 0 Å². The van der Waals surface area contributed by atoms with Gasteiger partial charge in [-0.3, -0.25) is 0 Å². The predicted molar refractivity (Wildman–Crippen MR) is 66.9 cm³/mol. The Kier molecular flexibility index (Phi) is 3.49. The lowest BCUT2D eigenvalue weighted by Crippen LogP contribution is -2.15. The van der Waals surface area contributed by atoms with Crippen LogP contribution in [0, 0.1) is 5.92 Å². The van der Waals surface area contributed by atoms with Crippen molar-refractivity contribution >= 4 is 0 Å². The fourth-order valence-electron chi connectivity index (χ4n) is 2.50. The Morgan fingerprint density at radius 2 is 2.25 bits per heavy atom. The molecule has 0 radical (unpaired) electrons. The Morgan fingerprint density at radius 3 is 2.81 bits per heavy atom. The zero-order valence-corrected chi connectivity index (χ0v) is 10.4. The normalized spacial score (nSPS) is 24.7. The molecule has 0 aromatic heterocycles. The number of hydrogen-bond acceptors (Lipinski definition) is 2. The Hall–Kier alpha value is -1.02. The summed E-state index contributed by atoms with van der Waals surface area (Å²) < 4.78 is 5.28. The Morgan fingerprint density at radius 1 is 1.44 bits per heavy atom. The number of aryl methyl sites for hydroxylation is 1. The van der Waals surface area contributed by atoms with Crippen molar-refractivity contribution in [2.24, 2.45) is 5.92 Å². The number of ether oxygens (including phenoxy) is 1. The molecule has 2 rings (SSSR count). The minimum Gasteiger partial charge on any atom is -0.497 e. The first-order valence-electron chi connectivity index (χ1n) is 6.14. The molecule has 0 amide bonds. The molecular weight excluding hydrogens is 198 g/mol. The van der Waals surface area contributed by atoms with E-state index in [0.717, 1.165) is 24.6 Å². The molecule has 0 unspecified atom stereocenters. The zero-order valence-electron chi connectivity index (χ0n) is 10.4. The molecule has 0 saturated carbocycles. The highest BCUT2D eigenvalue weighted by molar-refractivity contribution is 5.38. The van der Waals surface area contributed by atoms with Gasteiger partial charge >= 0.3 is 0 Å². The number of nitrogens with one attached hydrogen (secondary N) is 1. The molecule has 1 N–H and O–H groups in total. The van der Waals surface area contributed by atoms with Crippen LogP contribution in [-0.4, -0.2) is 13.7 Å². The molecule has 1 heterocycles. The van der Waals surface area contributed by atoms with Crippen molar-refractivity contribution in [2.45, 2.75) is 32.7 Å². The van der Waals surface area contributed by atoms with Crippen molar-refractivity contribution < 1.29 is 4.74 Å². The lowest BCUT2D eigenvalue weighted by atomic mass is 9.95. The van der Waals surface area contributed by atoms with Gasteiger partial charge in [-0.05, 0) is 48.6 Å². The summed E-state index contributed by atoms with van der Waals surface area (Å²) in [5, 5.41) is 3.59. The smallest absolute Gasteiger partial charge is 0.119 e. The van der Waals surface area contributed by atoms with E-state index in [1.807, 2.05) is 0 Å². The highest BCUT2D eigenvalue weighted by Gasteiger charge is 2.23. The lowest BCUT2D eigenvalue weighted by Gasteiger charge is -2.16. The van der Waals surface area contributed by atoms with Crippen LogP contribution in [0.15, 0.2) is 18.2 Å². The van der Waals surface area contributed by atoms with E-state index in [9.17, 15) is 0 Å². The van der Waals surface area contributed by atoms with E-state index in [-0.39, 0.29) is 0 Å². The highest BCUT2D eigenvalue weighted by atomic mass is 16.5. The third-order valence-corrected chi connectivity index (χ3v) is 3.46. The van der Waals surface area contributed by atoms with E-state index in [1.165, 1.54) is 17.5 Å². The molecule has 1 aliphatic heterocycles. The maximum absolute atomic E-state index is 5.28. The minimum atomic E-state index is 0.538. The molecule has 1 aromatic rings. The van der Waals surface area contributed by atoms with Crippen LogP contribution in [0.2, 0.25) is 0 Å². The molecule has 1 aromatic carbocycles. The third-order valence-electron chi connectivity index (χ3n) is 3.46. The second kappa shape index (κ2) is 4.88. The highest BCUT2D eigenvalue weighted by Crippen LogP contribution is 2.31. The van der Waals surface area contributed by atoms with E-state index in [2.05, 4.69) is 37.4 Å². The van der Waals surface area contributed by atoms with Gasteiger partial charge in [-0.25, -0.2) is 0 Å². The number of hydrogen-bond donors (Lipinski definition) is 1. The molecule has 2 heteroatoms. The summed E-state index contributed by atoms with van der Waals surface area (Å²) in [5.74, 6) is 1.75. The van der Waals surface area contributed by atoms with Crippen LogP contribution in [0.25, 0.3) is 0 Å². The molecule has 2 atom stereocenters. The molecule has 88 valence electrons. The Labute approximate surface area is 98.0 Å². The lowest BCUT2D eigenvalue weighted by molar-refractivity contribution is 0.414. The van der Waals surface area contributed by atoms with Crippen molar-refractivity contribution in [1.29, 1.82) is 0 Å². The fourth-order valence-corrected chi connectivity index (χ4v) is 2.50. The van der Waals surface area contributed by atoms with Gasteiger partial charge in [-0.1, -0.05) is 19.9 Å². The largest absolute Gasteiger partial charge is 0.497 e. The van der Waals surface area contributed by atoms with Crippen LogP contribution in [0.5, 0.6) is 5.75 Å². The van der Waals surface area contributed by atoms with Gasteiger partial charge in [0.2, 0.25) is 0 Å². The molecule has 1 fully saturated rings. The average molecular weight is 219 g/mol. The van der Waals surface area contributed by atoms with Crippen LogP contribution >= 0.6 is 0 Å². The molecular formula is C14H21NO. The summed E-state index contributed by atoms with van der Waals surface area (Å²) in [6.45, 7) is 5.65. The monoisotopic (exact) mass is 219 g/mol. The van der Waals surface area contributed by atoms with Crippen molar-refractivity contribution in [3.8, 4) is 5.75 Å². The number of benzene rings is 1. The van der Waals surface area contributed by atoms with Crippen LogP contribution in [-0.2, 0) is 6.42 Å². The summed E-state index contributed by atoms with van der Waals surface area (Å²) in [7, 11) is 1.73. The zero-order chi connectivity index (χ0) is 11.5. The van der Waals surface area contributed by atoms with Gasteiger partial charge in [0.25, 0.3) is 0 Å². The van der Waals surface area contributed by atoms with Crippen LogP contribution < -0.4 is 10.1 Å². The molecule has 2 nitrogen and oxygen atoms in total. The topological polar surface area (TPSA) is 21.3 Å². The second-order valence-electron chi connectivity index (χ2n) is 4.72. The standard InChI is InChI=1S/C14H21NO/c1-4-11-8-12(16-3)5-6-13(11)14-7-10(2)9-15-14/h5-6,8,10,14-15H,4,7,9H2,1-3H3/t10-,14+/m0/s1. The van der Waals surface area contributed by atoms with E-state index < -0.39 is 0 Å². The summed E-state index contributed by atoms with van der Waals surface area (Å²) in [6, 6.07) is 6.99. The van der Waals surface area contributed by atoms with Crippen molar-refractivity contribution in [2.75, 3.05) is 13.7 Å². The van der Waals surface area contributed by atoms with E-state index >= 15 is 0 Å². The van der Waals surface area contributed by atoms with Crippen LogP contribution in [0.3, 0.4) is 0 Å². The minimum absolute atomic E-state index is 0.538. The molecule has 0 aliphatic carbocycles. The molecule has 1 aliphatic rings. The number of rotatable bonds is 3. The van der Waals surface area contributed by atoms with Gasteiger partial charge in [0.05, 0.1) is 7.11 Å². The summed E-state index contributed by atoms with van der Waals surface area (Å²) in [4.78, 5) is 0. The van der Waals surface area contributed by atoms with Gasteiger partial charge < -0.3 is 10.1 Å². The summed E-state index contributed by atoms with van der Waals surface area (Å²) >= 11 is 0. The summed E-state index contributed by atoms with van der Waals surface area (Å²) in [6.07, 6.45) is 2.32. The average Bonchev–Trinajstić information content (AvgIpc) is 2.74. The molecule has 0 bridgehead atoms. The van der Waals surface area contributed by atoms with Crippen LogP contribution in [0.1, 0.15) is 37.4 Å². The molecule has 16 heavy (non-hydrogen) atoms.